The number of nitriles is 1. The highest BCUT2D eigenvalue weighted by molar-refractivity contribution is 5.74. The number of carbonyl (C=O) groups is 1. The Hall–Kier alpha value is -1.28. The molecule has 0 bridgehead atoms. The van der Waals surface area contributed by atoms with Crippen LogP contribution in [0.4, 0.5) is 4.79 Å². The van der Waals surface area contributed by atoms with Crippen LogP contribution in [0.5, 0.6) is 0 Å². The van der Waals surface area contributed by atoms with Gasteiger partial charge >= 0.3 is 6.03 Å². The van der Waals surface area contributed by atoms with Crippen molar-refractivity contribution >= 4 is 6.03 Å². The van der Waals surface area contributed by atoms with Gasteiger partial charge in [-0.2, -0.15) is 5.26 Å². The van der Waals surface area contributed by atoms with E-state index in [1.807, 2.05) is 13.8 Å². The molecule has 0 spiro atoms. The average Bonchev–Trinajstić information content (AvgIpc) is 2.28. The smallest absolute Gasteiger partial charge is 0.317 e. The molecule has 1 fully saturated rings. The Morgan fingerprint density at radius 2 is 2.07 bits per heavy atom. The highest BCUT2D eigenvalue weighted by Gasteiger charge is 2.23. The van der Waals surface area contributed by atoms with E-state index in [4.69, 9.17) is 5.26 Å². The van der Waals surface area contributed by atoms with E-state index in [-0.39, 0.29) is 12.1 Å². The molecule has 84 valence electrons. The standard InChI is InChI=1S/C10H18N4O/c1-3-12-10(15)14-6-4-13(5-7-14)9(2)8-11/h9H,3-7H2,1-2H3,(H,12,15). The summed E-state index contributed by atoms with van der Waals surface area (Å²) in [6.45, 7) is 7.44. The Bertz CT molecular complexity index is 253. The molecule has 0 aromatic heterocycles. The van der Waals surface area contributed by atoms with Crippen molar-refractivity contribution in [2.45, 2.75) is 19.9 Å². The van der Waals surface area contributed by atoms with Crippen LogP contribution in [0.3, 0.4) is 0 Å². The molecule has 1 aliphatic rings. The zero-order valence-corrected chi connectivity index (χ0v) is 9.36. The van der Waals surface area contributed by atoms with Crippen LogP contribution in [-0.4, -0.2) is 54.6 Å². The van der Waals surface area contributed by atoms with E-state index in [1.54, 1.807) is 4.90 Å². The zero-order chi connectivity index (χ0) is 11.3. The van der Waals surface area contributed by atoms with Crippen LogP contribution in [0.25, 0.3) is 0 Å². The van der Waals surface area contributed by atoms with Gasteiger partial charge < -0.3 is 10.2 Å². The lowest BCUT2D eigenvalue weighted by Crippen LogP contribution is -2.53. The van der Waals surface area contributed by atoms with Crippen LogP contribution in [-0.2, 0) is 0 Å². The SMILES string of the molecule is CCNC(=O)N1CCN(C(C)C#N)CC1. The van der Waals surface area contributed by atoms with Crippen LogP contribution in [0.2, 0.25) is 0 Å². The van der Waals surface area contributed by atoms with Crippen molar-refractivity contribution in [3.8, 4) is 6.07 Å². The second-order valence-corrected chi connectivity index (χ2v) is 3.66. The van der Waals surface area contributed by atoms with Crippen LogP contribution in [0, 0.1) is 11.3 Å². The van der Waals surface area contributed by atoms with E-state index < -0.39 is 0 Å². The van der Waals surface area contributed by atoms with Crippen LogP contribution in [0.1, 0.15) is 13.8 Å². The lowest BCUT2D eigenvalue weighted by atomic mass is 10.2. The molecule has 1 N–H and O–H groups in total. The van der Waals surface area contributed by atoms with Crippen molar-refractivity contribution in [2.75, 3.05) is 32.7 Å². The second-order valence-electron chi connectivity index (χ2n) is 3.66. The van der Waals surface area contributed by atoms with Gasteiger partial charge in [0.25, 0.3) is 0 Å². The Labute approximate surface area is 90.6 Å². The minimum atomic E-state index is -0.0543. The summed E-state index contributed by atoms with van der Waals surface area (Å²) in [5, 5.41) is 11.5. The second kappa shape index (κ2) is 5.56. The van der Waals surface area contributed by atoms with Gasteiger partial charge in [-0.25, -0.2) is 4.79 Å². The van der Waals surface area contributed by atoms with Gasteiger partial charge in [0.1, 0.15) is 0 Å². The Morgan fingerprint density at radius 3 is 2.53 bits per heavy atom. The third-order valence-corrected chi connectivity index (χ3v) is 2.66. The minimum Gasteiger partial charge on any atom is -0.338 e. The molecule has 0 aromatic rings. The fraction of sp³-hybridized carbons (Fsp3) is 0.800. The highest BCUT2D eigenvalue weighted by atomic mass is 16.2. The van der Waals surface area contributed by atoms with Crippen molar-refractivity contribution in [1.82, 2.24) is 15.1 Å². The zero-order valence-electron chi connectivity index (χ0n) is 9.36. The fourth-order valence-electron chi connectivity index (χ4n) is 1.66. The topological polar surface area (TPSA) is 59.4 Å². The van der Waals surface area contributed by atoms with E-state index in [2.05, 4.69) is 16.3 Å². The summed E-state index contributed by atoms with van der Waals surface area (Å²) < 4.78 is 0. The molecular weight excluding hydrogens is 192 g/mol. The monoisotopic (exact) mass is 210 g/mol. The Kier molecular flexibility index (Phi) is 4.37. The first kappa shape index (κ1) is 11.8. The number of hydrogen-bond donors (Lipinski definition) is 1. The molecule has 0 aliphatic carbocycles. The van der Waals surface area contributed by atoms with Gasteiger partial charge in [-0.3, -0.25) is 4.90 Å². The molecule has 0 aromatic carbocycles. The Morgan fingerprint density at radius 1 is 1.47 bits per heavy atom. The number of amides is 2. The van der Waals surface area contributed by atoms with E-state index in [9.17, 15) is 4.79 Å². The molecule has 0 saturated carbocycles. The number of hydrogen-bond acceptors (Lipinski definition) is 3. The predicted octanol–water partition coefficient (Wildman–Crippen LogP) is 0.246. The summed E-state index contributed by atoms with van der Waals surface area (Å²) in [7, 11) is 0. The maximum Gasteiger partial charge on any atom is 0.317 e. The first-order valence-electron chi connectivity index (χ1n) is 5.35. The summed E-state index contributed by atoms with van der Waals surface area (Å²) in [6.07, 6.45) is 0. The lowest BCUT2D eigenvalue weighted by Gasteiger charge is -2.35. The van der Waals surface area contributed by atoms with Crippen LogP contribution >= 0.6 is 0 Å². The van der Waals surface area contributed by atoms with E-state index >= 15 is 0 Å². The van der Waals surface area contributed by atoms with Gasteiger partial charge in [0.2, 0.25) is 0 Å². The van der Waals surface area contributed by atoms with Crippen LogP contribution in [0.15, 0.2) is 0 Å². The summed E-state index contributed by atoms with van der Waals surface area (Å²) in [5.74, 6) is 0. The lowest BCUT2D eigenvalue weighted by molar-refractivity contribution is 0.129. The summed E-state index contributed by atoms with van der Waals surface area (Å²) >= 11 is 0. The van der Waals surface area contributed by atoms with Gasteiger partial charge in [-0.15, -0.1) is 0 Å². The van der Waals surface area contributed by atoms with Crippen molar-refractivity contribution in [3.63, 3.8) is 0 Å². The van der Waals surface area contributed by atoms with Crippen molar-refractivity contribution < 1.29 is 4.79 Å². The van der Waals surface area contributed by atoms with Gasteiger partial charge in [-0.05, 0) is 13.8 Å². The van der Waals surface area contributed by atoms with Gasteiger partial charge in [0, 0.05) is 32.7 Å². The average molecular weight is 210 g/mol. The molecular formula is C10H18N4O. The van der Waals surface area contributed by atoms with E-state index in [0.29, 0.717) is 19.6 Å². The summed E-state index contributed by atoms with van der Waals surface area (Å²) in [6, 6.07) is 2.16. The maximum absolute atomic E-state index is 11.5. The van der Waals surface area contributed by atoms with Gasteiger partial charge in [-0.1, -0.05) is 0 Å². The Balaban J connectivity index is 2.36. The molecule has 2 amide bonds. The van der Waals surface area contributed by atoms with Crippen molar-refractivity contribution in [1.29, 1.82) is 5.26 Å². The van der Waals surface area contributed by atoms with Gasteiger partial charge in [0.15, 0.2) is 0 Å². The molecule has 1 saturated heterocycles. The molecule has 1 heterocycles. The number of piperazine rings is 1. The third-order valence-electron chi connectivity index (χ3n) is 2.66. The predicted molar refractivity (Wildman–Crippen MR) is 57.3 cm³/mol. The van der Waals surface area contributed by atoms with Crippen molar-refractivity contribution in [3.05, 3.63) is 0 Å². The number of nitrogens with zero attached hydrogens (tertiary/aromatic N) is 3. The largest absolute Gasteiger partial charge is 0.338 e. The van der Waals surface area contributed by atoms with Crippen molar-refractivity contribution in [2.24, 2.45) is 0 Å². The normalized spacial score (nSPS) is 19.4. The summed E-state index contributed by atoms with van der Waals surface area (Å²) in [5.41, 5.74) is 0. The number of urea groups is 1. The van der Waals surface area contributed by atoms with Crippen LogP contribution < -0.4 is 5.32 Å². The first-order valence-corrected chi connectivity index (χ1v) is 5.35. The molecule has 5 nitrogen and oxygen atoms in total. The quantitative estimate of drug-likeness (QED) is 0.710. The van der Waals surface area contributed by atoms with E-state index in [1.165, 1.54) is 0 Å². The maximum atomic E-state index is 11.5. The number of carbonyl (C=O) groups excluding carboxylic acids is 1. The molecule has 15 heavy (non-hydrogen) atoms. The molecule has 0 radical (unpaired) electrons. The molecule has 1 unspecified atom stereocenters. The summed E-state index contributed by atoms with van der Waals surface area (Å²) in [4.78, 5) is 15.4. The molecule has 1 atom stereocenters. The molecule has 1 aliphatic heterocycles. The molecule has 1 rings (SSSR count). The third kappa shape index (κ3) is 3.10. The first-order chi connectivity index (χ1) is 7.19. The van der Waals surface area contributed by atoms with Gasteiger partial charge in [0.05, 0.1) is 12.1 Å². The number of nitrogens with one attached hydrogen (secondary N) is 1. The fourth-order valence-corrected chi connectivity index (χ4v) is 1.66. The highest BCUT2D eigenvalue weighted by Crippen LogP contribution is 2.05. The number of rotatable bonds is 2. The van der Waals surface area contributed by atoms with E-state index in [0.717, 1.165) is 13.1 Å². The minimum absolute atomic E-state index is 0.00163. The molecule has 5 heteroatoms.